The van der Waals surface area contributed by atoms with Crippen molar-refractivity contribution >= 4 is 11.9 Å². The van der Waals surface area contributed by atoms with Gasteiger partial charge in [0.2, 0.25) is 0 Å². The predicted molar refractivity (Wildman–Crippen MR) is 68.9 cm³/mol. The SMILES string of the molecule is COc1ccc(OC)c(CC(NC(=O)C(F)(F)F)C(=O)O)c1. The maximum atomic E-state index is 12.2. The lowest BCUT2D eigenvalue weighted by molar-refractivity contribution is -0.175. The van der Waals surface area contributed by atoms with Crippen LogP contribution in [0, 0.1) is 0 Å². The zero-order chi connectivity index (χ0) is 16.9. The van der Waals surface area contributed by atoms with Gasteiger partial charge in [-0.2, -0.15) is 13.2 Å². The number of hydrogen-bond donors (Lipinski definition) is 2. The molecule has 22 heavy (non-hydrogen) atoms. The van der Waals surface area contributed by atoms with Crippen LogP contribution in [0.15, 0.2) is 18.2 Å². The number of benzene rings is 1. The number of carbonyl (C=O) groups is 2. The Labute approximate surface area is 123 Å². The molecule has 1 aromatic carbocycles. The van der Waals surface area contributed by atoms with E-state index in [9.17, 15) is 22.8 Å². The Hall–Kier alpha value is -2.45. The number of hydrogen-bond acceptors (Lipinski definition) is 4. The number of methoxy groups -OCH3 is 2. The number of halogens is 3. The number of ether oxygens (including phenoxy) is 2. The van der Waals surface area contributed by atoms with Crippen LogP contribution in [0.4, 0.5) is 13.2 Å². The molecule has 0 saturated carbocycles. The maximum absolute atomic E-state index is 12.2. The molecule has 1 atom stereocenters. The van der Waals surface area contributed by atoms with Gasteiger partial charge in [-0.25, -0.2) is 4.79 Å². The number of aliphatic carboxylic acids is 1. The molecule has 0 aliphatic heterocycles. The van der Waals surface area contributed by atoms with Crippen LogP contribution in [0.3, 0.4) is 0 Å². The minimum absolute atomic E-state index is 0.272. The third kappa shape index (κ3) is 4.54. The number of nitrogens with one attached hydrogen (secondary N) is 1. The highest BCUT2D eigenvalue weighted by atomic mass is 19.4. The average Bonchev–Trinajstić information content (AvgIpc) is 2.45. The summed E-state index contributed by atoms with van der Waals surface area (Å²) in [6, 6.07) is 2.70. The van der Waals surface area contributed by atoms with Crippen molar-refractivity contribution in [1.29, 1.82) is 0 Å². The molecule has 122 valence electrons. The fourth-order valence-electron chi connectivity index (χ4n) is 1.70. The van der Waals surface area contributed by atoms with E-state index in [1.807, 2.05) is 0 Å². The second-order valence-corrected chi connectivity index (χ2v) is 4.24. The lowest BCUT2D eigenvalue weighted by Gasteiger charge is -2.17. The van der Waals surface area contributed by atoms with Crippen LogP contribution in [0.1, 0.15) is 5.56 Å². The lowest BCUT2D eigenvalue weighted by Crippen LogP contribution is -2.47. The molecular weight excluding hydrogens is 307 g/mol. The van der Waals surface area contributed by atoms with Crippen molar-refractivity contribution in [3.8, 4) is 11.5 Å². The van der Waals surface area contributed by atoms with Crippen LogP contribution >= 0.6 is 0 Å². The predicted octanol–water partition coefficient (Wildman–Crippen LogP) is 1.38. The zero-order valence-corrected chi connectivity index (χ0v) is 11.7. The van der Waals surface area contributed by atoms with Gasteiger partial charge < -0.3 is 19.9 Å². The molecule has 0 heterocycles. The summed E-state index contributed by atoms with van der Waals surface area (Å²) in [6.07, 6.45) is -5.55. The molecule has 1 rings (SSSR count). The van der Waals surface area contributed by atoms with Crippen LogP contribution in [0.5, 0.6) is 11.5 Å². The Morgan fingerprint density at radius 1 is 1.27 bits per heavy atom. The molecule has 1 unspecified atom stereocenters. The first-order chi connectivity index (χ1) is 10.2. The first-order valence-electron chi connectivity index (χ1n) is 6.00. The molecular formula is C13H14F3NO5. The summed E-state index contributed by atoms with van der Waals surface area (Å²) in [4.78, 5) is 22.0. The fraction of sp³-hybridized carbons (Fsp3) is 0.385. The first kappa shape index (κ1) is 17.6. The van der Waals surface area contributed by atoms with Gasteiger partial charge in [-0.1, -0.05) is 0 Å². The smallest absolute Gasteiger partial charge is 0.471 e. The van der Waals surface area contributed by atoms with E-state index >= 15 is 0 Å². The van der Waals surface area contributed by atoms with Gasteiger partial charge in [0.25, 0.3) is 0 Å². The molecule has 1 aromatic rings. The number of carboxylic acid groups (broad SMARTS) is 1. The standard InChI is InChI=1S/C13H14F3NO5/c1-21-8-3-4-10(22-2)7(5-8)6-9(11(18)19)17-12(20)13(14,15)16/h3-5,9H,6H2,1-2H3,(H,17,20)(H,18,19). The Balaban J connectivity index is 3.01. The van der Waals surface area contributed by atoms with Gasteiger partial charge in [-0.05, 0) is 18.2 Å². The van der Waals surface area contributed by atoms with Crippen molar-refractivity contribution in [2.75, 3.05) is 14.2 Å². The summed E-state index contributed by atoms with van der Waals surface area (Å²) in [7, 11) is 2.71. The minimum Gasteiger partial charge on any atom is -0.497 e. The van der Waals surface area contributed by atoms with Gasteiger partial charge in [-0.15, -0.1) is 0 Å². The molecule has 0 fully saturated rings. The molecule has 0 radical (unpaired) electrons. The quantitative estimate of drug-likeness (QED) is 0.827. The summed E-state index contributed by atoms with van der Waals surface area (Å²) < 4.78 is 46.7. The number of alkyl halides is 3. The van der Waals surface area contributed by atoms with Gasteiger partial charge in [0, 0.05) is 12.0 Å². The van der Waals surface area contributed by atoms with Crippen molar-refractivity contribution in [2.24, 2.45) is 0 Å². The Kier molecular flexibility index (Phi) is 5.61. The van der Waals surface area contributed by atoms with Crippen molar-refractivity contribution < 1.29 is 37.3 Å². The van der Waals surface area contributed by atoms with Crippen molar-refractivity contribution in [2.45, 2.75) is 18.6 Å². The van der Waals surface area contributed by atoms with E-state index in [4.69, 9.17) is 14.6 Å². The number of carboxylic acids is 1. The van der Waals surface area contributed by atoms with Gasteiger partial charge >= 0.3 is 18.1 Å². The van der Waals surface area contributed by atoms with Gasteiger partial charge in [0.1, 0.15) is 17.5 Å². The third-order valence-electron chi connectivity index (χ3n) is 2.77. The van der Waals surface area contributed by atoms with Crippen LogP contribution in [0.25, 0.3) is 0 Å². The average molecular weight is 321 g/mol. The topological polar surface area (TPSA) is 84.9 Å². The highest BCUT2D eigenvalue weighted by Gasteiger charge is 2.41. The number of carbonyl (C=O) groups excluding carboxylic acids is 1. The summed E-state index contributed by atoms with van der Waals surface area (Å²) in [6.45, 7) is 0. The summed E-state index contributed by atoms with van der Waals surface area (Å²) >= 11 is 0. The van der Waals surface area contributed by atoms with Crippen LogP contribution < -0.4 is 14.8 Å². The molecule has 0 aliphatic carbocycles. The van der Waals surface area contributed by atoms with E-state index in [-0.39, 0.29) is 11.3 Å². The number of amides is 1. The van der Waals surface area contributed by atoms with E-state index in [2.05, 4.69) is 0 Å². The van der Waals surface area contributed by atoms with E-state index in [1.165, 1.54) is 31.7 Å². The summed E-state index contributed by atoms with van der Waals surface area (Å²) in [5, 5.41) is 10.4. The second kappa shape index (κ2) is 7.01. The monoisotopic (exact) mass is 321 g/mol. The summed E-state index contributed by atoms with van der Waals surface area (Å²) in [5.41, 5.74) is 0.289. The van der Waals surface area contributed by atoms with Crippen LogP contribution in [0.2, 0.25) is 0 Å². The van der Waals surface area contributed by atoms with Gasteiger partial charge in [-0.3, -0.25) is 4.79 Å². The maximum Gasteiger partial charge on any atom is 0.471 e. The third-order valence-corrected chi connectivity index (χ3v) is 2.77. The van der Waals surface area contributed by atoms with E-state index in [0.717, 1.165) is 0 Å². The van der Waals surface area contributed by atoms with Crippen molar-refractivity contribution in [1.82, 2.24) is 5.32 Å². The molecule has 0 aliphatic rings. The van der Waals surface area contributed by atoms with Crippen molar-refractivity contribution in [3.63, 3.8) is 0 Å². The zero-order valence-electron chi connectivity index (χ0n) is 11.7. The molecule has 6 nitrogen and oxygen atoms in total. The van der Waals surface area contributed by atoms with Gasteiger partial charge in [0.05, 0.1) is 14.2 Å². The Bertz CT molecular complexity index is 559. The number of rotatable bonds is 6. The lowest BCUT2D eigenvalue weighted by atomic mass is 10.0. The van der Waals surface area contributed by atoms with Crippen LogP contribution in [-0.4, -0.2) is 43.4 Å². The Morgan fingerprint density at radius 2 is 1.91 bits per heavy atom. The fourth-order valence-corrected chi connectivity index (χ4v) is 1.70. The molecule has 0 spiro atoms. The molecule has 0 aromatic heterocycles. The van der Waals surface area contributed by atoms with Crippen molar-refractivity contribution in [3.05, 3.63) is 23.8 Å². The largest absolute Gasteiger partial charge is 0.497 e. The summed E-state index contributed by atoms with van der Waals surface area (Å²) in [5.74, 6) is -3.26. The highest BCUT2D eigenvalue weighted by Crippen LogP contribution is 2.25. The molecule has 1 amide bonds. The van der Waals surface area contributed by atoms with E-state index in [0.29, 0.717) is 5.75 Å². The second-order valence-electron chi connectivity index (χ2n) is 4.24. The van der Waals surface area contributed by atoms with E-state index < -0.39 is 30.5 Å². The first-order valence-corrected chi connectivity index (χ1v) is 6.00. The normalized spacial score (nSPS) is 12.4. The molecule has 2 N–H and O–H groups in total. The Morgan fingerprint density at radius 3 is 2.36 bits per heavy atom. The molecule has 9 heteroatoms. The molecule has 0 saturated heterocycles. The van der Waals surface area contributed by atoms with Crippen LogP contribution in [-0.2, 0) is 16.0 Å². The highest BCUT2D eigenvalue weighted by molar-refractivity contribution is 5.87. The minimum atomic E-state index is -5.16. The van der Waals surface area contributed by atoms with Gasteiger partial charge in [0.15, 0.2) is 0 Å². The molecule has 0 bridgehead atoms. The van der Waals surface area contributed by atoms with E-state index in [1.54, 1.807) is 6.07 Å².